The van der Waals surface area contributed by atoms with E-state index in [1.807, 2.05) is 0 Å². The maximum atomic E-state index is 5.12. The second kappa shape index (κ2) is 8.87. The van der Waals surface area contributed by atoms with Crippen LogP contribution in [0.15, 0.2) is 125 Å². The van der Waals surface area contributed by atoms with Gasteiger partial charge in [-0.25, -0.2) is 0 Å². The lowest BCUT2D eigenvalue weighted by Gasteiger charge is -2.19. The van der Waals surface area contributed by atoms with Crippen molar-refractivity contribution in [3.63, 3.8) is 0 Å². The lowest BCUT2D eigenvalue weighted by atomic mass is 9.87. The Kier molecular flexibility index (Phi) is 5.24. The molecule has 7 aromatic rings. The van der Waals surface area contributed by atoms with E-state index in [9.17, 15) is 0 Å². The summed E-state index contributed by atoms with van der Waals surface area (Å²) in [7, 11) is 0. The van der Waals surface area contributed by atoms with E-state index in [0.29, 0.717) is 0 Å². The van der Waals surface area contributed by atoms with Gasteiger partial charge in [0, 0.05) is 38.7 Å². The SMILES string of the molecule is c1csc(-c2c(-c3ccsc3)ncc(-c3cccc4ccccc34)c2-c2ccc3ccccc3c2)c1. The number of nitrogens with zero attached hydrogens (tertiary/aromatic N) is 1. The fourth-order valence-corrected chi connectivity index (χ4v) is 6.52. The van der Waals surface area contributed by atoms with Gasteiger partial charge in [-0.3, -0.25) is 4.98 Å². The molecule has 3 aromatic heterocycles. The third kappa shape index (κ3) is 3.56. The summed E-state index contributed by atoms with van der Waals surface area (Å²) in [6, 6.07) is 37.1. The molecule has 4 aromatic carbocycles. The first kappa shape index (κ1) is 21.3. The first-order chi connectivity index (χ1) is 17.9. The first-order valence-electron chi connectivity index (χ1n) is 11.9. The Morgan fingerprint density at radius 1 is 0.556 bits per heavy atom. The van der Waals surface area contributed by atoms with Crippen LogP contribution < -0.4 is 0 Å². The Morgan fingerprint density at radius 2 is 1.39 bits per heavy atom. The first-order valence-corrected chi connectivity index (χ1v) is 13.8. The van der Waals surface area contributed by atoms with Crippen molar-refractivity contribution in [2.24, 2.45) is 0 Å². The fraction of sp³-hybridized carbons (Fsp3) is 0. The van der Waals surface area contributed by atoms with Crippen LogP contribution in [0.25, 0.3) is 65.5 Å². The van der Waals surface area contributed by atoms with Crippen LogP contribution in [-0.4, -0.2) is 4.98 Å². The van der Waals surface area contributed by atoms with Gasteiger partial charge in [0.15, 0.2) is 0 Å². The topological polar surface area (TPSA) is 12.9 Å². The Labute approximate surface area is 218 Å². The highest BCUT2D eigenvalue weighted by molar-refractivity contribution is 7.13. The minimum Gasteiger partial charge on any atom is -0.255 e. The molecule has 0 bridgehead atoms. The quantitative estimate of drug-likeness (QED) is 0.237. The molecule has 36 heavy (non-hydrogen) atoms. The van der Waals surface area contributed by atoms with Crippen molar-refractivity contribution in [1.82, 2.24) is 4.98 Å². The zero-order chi connectivity index (χ0) is 23.9. The predicted molar refractivity (Wildman–Crippen MR) is 157 cm³/mol. The maximum Gasteiger partial charge on any atom is 0.0803 e. The average molecular weight is 496 g/mol. The van der Waals surface area contributed by atoms with Crippen LogP contribution in [0.5, 0.6) is 0 Å². The number of hydrogen-bond acceptors (Lipinski definition) is 3. The summed E-state index contributed by atoms with van der Waals surface area (Å²) in [4.78, 5) is 6.35. The molecule has 0 unspecified atom stereocenters. The molecule has 0 atom stereocenters. The fourth-order valence-electron chi connectivity index (χ4n) is 5.10. The zero-order valence-electron chi connectivity index (χ0n) is 19.4. The maximum absolute atomic E-state index is 5.12. The molecule has 0 aliphatic carbocycles. The highest BCUT2D eigenvalue weighted by atomic mass is 32.1. The monoisotopic (exact) mass is 495 g/mol. The van der Waals surface area contributed by atoms with Gasteiger partial charge in [-0.15, -0.1) is 11.3 Å². The summed E-state index contributed by atoms with van der Waals surface area (Å²) in [5.74, 6) is 0. The van der Waals surface area contributed by atoms with Crippen molar-refractivity contribution in [2.75, 3.05) is 0 Å². The third-order valence-corrected chi connectivity index (χ3v) is 8.33. The molecule has 170 valence electrons. The molecule has 3 heteroatoms. The van der Waals surface area contributed by atoms with Crippen LogP contribution in [0.3, 0.4) is 0 Å². The second-order valence-electron chi connectivity index (χ2n) is 8.85. The molecule has 0 saturated heterocycles. The van der Waals surface area contributed by atoms with Crippen LogP contribution in [-0.2, 0) is 0 Å². The standard InChI is InChI=1S/C33H21NS2/c1-2-9-24-19-25(15-14-22(24)7-1)31-29(28-12-5-10-23-8-3-4-11-27(23)28)20-34-33(26-16-18-35-21-26)32(31)30-13-6-17-36-30/h1-21H. The van der Waals surface area contributed by atoms with E-state index in [2.05, 4.69) is 125 Å². The van der Waals surface area contributed by atoms with Gasteiger partial charge in [0.2, 0.25) is 0 Å². The van der Waals surface area contributed by atoms with Crippen molar-refractivity contribution in [1.29, 1.82) is 0 Å². The van der Waals surface area contributed by atoms with Gasteiger partial charge < -0.3 is 0 Å². The molecular weight excluding hydrogens is 475 g/mol. The number of pyridine rings is 1. The number of fused-ring (bicyclic) bond motifs is 2. The minimum absolute atomic E-state index is 1.03. The molecule has 0 saturated carbocycles. The zero-order valence-corrected chi connectivity index (χ0v) is 21.0. The molecule has 0 aliphatic heterocycles. The average Bonchev–Trinajstić information content (AvgIpc) is 3.67. The predicted octanol–water partition coefficient (Wildman–Crippen LogP) is 10.2. The van der Waals surface area contributed by atoms with Crippen molar-refractivity contribution in [3.8, 4) is 44.0 Å². The lowest BCUT2D eigenvalue weighted by Crippen LogP contribution is -1.96. The molecule has 0 aliphatic rings. The van der Waals surface area contributed by atoms with E-state index in [0.717, 1.165) is 16.8 Å². The summed E-state index contributed by atoms with van der Waals surface area (Å²) in [5.41, 5.74) is 8.20. The van der Waals surface area contributed by atoms with Crippen LogP contribution in [0.4, 0.5) is 0 Å². The van der Waals surface area contributed by atoms with E-state index in [1.54, 1.807) is 22.7 Å². The smallest absolute Gasteiger partial charge is 0.0803 e. The molecule has 1 nitrogen and oxygen atoms in total. The van der Waals surface area contributed by atoms with E-state index >= 15 is 0 Å². The Bertz CT molecular complexity index is 1820. The van der Waals surface area contributed by atoms with Gasteiger partial charge in [0.25, 0.3) is 0 Å². The number of rotatable bonds is 4. The van der Waals surface area contributed by atoms with E-state index in [4.69, 9.17) is 4.98 Å². The van der Waals surface area contributed by atoms with E-state index < -0.39 is 0 Å². The number of thiophene rings is 2. The second-order valence-corrected chi connectivity index (χ2v) is 10.6. The van der Waals surface area contributed by atoms with Crippen molar-refractivity contribution in [3.05, 3.63) is 125 Å². The van der Waals surface area contributed by atoms with E-state index in [-0.39, 0.29) is 0 Å². The molecule has 0 radical (unpaired) electrons. The van der Waals surface area contributed by atoms with Gasteiger partial charge in [0.05, 0.1) is 5.69 Å². The molecule has 0 spiro atoms. The Morgan fingerprint density at radius 3 is 2.22 bits per heavy atom. The van der Waals surface area contributed by atoms with Crippen molar-refractivity contribution < 1.29 is 0 Å². The van der Waals surface area contributed by atoms with Crippen LogP contribution in [0.1, 0.15) is 0 Å². The highest BCUT2D eigenvalue weighted by Gasteiger charge is 2.22. The normalized spacial score (nSPS) is 11.3. The van der Waals surface area contributed by atoms with Crippen molar-refractivity contribution in [2.45, 2.75) is 0 Å². The van der Waals surface area contributed by atoms with Crippen LogP contribution >= 0.6 is 22.7 Å². The van der Waals surface area contributed by atoms with E-state index in [1.165, 1.54) is 48.7 Å². The largest absolute Gasteiger partial charge is 0.255 e. The summed E-state index contributed by atoms with van der Waals surface area (Å²) in [6.07, 6.45) is 2.08. The van der Waals surface area contributed by atoms with Crippen LogP contribution in [0, 0.1) is 0 Å². The molecule has 7 rings (SSSR count). The molecule has 0 amide bonds. The summed E-state index contributed by atoms with van der Waals surface area (Å²) < 4.78 is 0. The van der Waals surface area contributed by atoms with Gasteiger partial charge in [-0.1, -0.05) is 84.9 Å². The van der Waals surface area contributed by atoms with Gasteiger partial charge in [-0.05, 0) is 61.6 Å². The van der Waals surface area contributed by atoms with Gasteiger partial charge in [0.1, 0.15) is 0 Å². The van der Waals surface area contributed by atoms with Gasteiger partial charge >= 0.3 is 0 Å². The lowest BCUT2D eigenvalue weighted by molar-refractivity contribution is 1.34. The summed E-state index contributed by atoms with van der Waals surface area (Å²) >= 11 is 3.48. The molecule has 0 fully saturated rings. The van der Waals surface area contributed by atoms with Crippen LogP contribution in [0.2, 0.25) is 0 Å². The minimum atomic E-state index is 1.03. The Hall–Kier alpha value is -4.05. The molecule has 0 N–H and O–H groups in total. The summed E-state index contributed by atoms with van der Waals surface area (Å²) in [6.45, 7) is 0. The molecule has 3 heterocycles. The Balaban J connectivity index is 1.63. The number of benzene rings is 4. The van der Waals surface area contributed by atoms with Crippen molar-refractivity contribution >= 4 is 44.2 Å². The third-order valence-electron chi connectivity index (χ3n) is 6.76. The number of hydrogen-bond donors (Lipinski definition) is 0. The highest BCUT2D eigenvalue weighted by Crippen LogP contribution is 2.47. The molecular formula is C33H21NS2. The van der Waals surface area contributed by atoms with Gasteiger partial charge in [-0.2, -0.15) is 11.3 Å². The summed E-state index contributed by atoms with van der Waals surface area (Å²) in [5, 5.41) is 11.4. The number of aromatic nitrogens is 1.